The summed E-state index contributed by atoms with van der Waals surface area (Å²) in [6, 6.07) is 33.8. The van der Waals surface area contributed by atoms with Crippen LogP contribution in [0.5, 0.6) is 0 Å². The number of hydrogen-bond donors (Lipinski definition) is 0. The highest BCUT2D eigenvalue weighted by Crippen LogP contribution is 2.56. The van der Waals surface area contributed by atoms with Crippen LogP contribution in [0.15, 0.2) is 115 Å². The highest BCUT2D eigenvalue weighted by molar-refractivity contribution is 7.95. The van der Waals surface area contributed by atoms with Crippen LogP contribution in [0.1, 0.15) is 46.0 Å². The maximum atomic E-state index is 2.43. The third kappa shape index (κ3) is 7.94. The Kier molecular flexibility index (Phi) is 12.7. The van der Waals surface area contributed by atoms with Gasteiger partial charge in [-0.25, -0.2) is 0 Å². The van der Waals surface area contributed by atoms with E-state index in [-0.39, 0.29) is 24.0 Å². The second-order valence-electron chi connectivity index (χ2n) is 8.60. The third-order valence-electron chi connectivity index (χ3n) is 6.22. The van der Waals surface area contributed by atoms with E-state index in [1.807, 2.05) is 0 Å². The van der Waals surface area contributed by atoms with Crippen molar-refractivity contribution >= 4 is 23.2 Å². The summed E-state index contributed by atoms with van der Waals surface area (Å²) in [4.78, 5) is 0. The zero-order chi connectivity index (χ0) is 22.5. The number of halogens is 1. The summed E-state index contributed by atoms with van der Waals surface area (Å²) in [7, 11) is -1.69. The topological polar surface area (TPSA) is 0 Å². The van der Waals surface area contributed by atoms with Gasteiger partial charge in [-0.1, -0.05) is 92.7 Å². The molecule has 0 saturated heterocycles. The van der Waals surface area contributed by atoms with Crippen molar-refractivity contribution in [2.24, 2.45) is 5.92 Å². The van der Waals surface area contributed by atoms with Crippen LogP contribution in [0.3, 0.4) is 0 Å². The molecule has 3 rings (SSSR count). The van der Waals surface area contributed by atoms with Crippen molar-refractivity contribution in [3.8, 4) is 0 Å². The molecule has 3 aromatic carbocycles. The van der Waals surface area contributed by atoms with Gasteiger partial charge in [-0.2, -0.15) is 0 Å². The second-order valence-corrected chi connectivity index (χ2v) is 12.2. The summed E-state index contributed by atoms with van der Waals surface area (Å²) >= 11 is 0. The second kappa shape index (κ2) is 15.3. The van der Waals surface area contributed by atoms with Crippen LogP contribution in [0.2, 0.25) is 0 Å². The van der Waals surface area contributed by atoms with Gasteiger partial charge in [-0.15, -0.1) is 0 Å². The van der Waals surface area contributed by atoms with Gasteiger partial charge in [0.05, 0.1) is 6.16 Å². The Morgan fingerprint density at radius 3 is 1.55 bits per heavy atom. The van der Waals surface area contributed by atoms with Crippen molar-refractivity contribution in [3.05, 3.63) is 115 Å². The van der Waals surface area contributed by atoms with Crippen LogP contribution in [0.25, 0.3) is 0 Å². The quantitative estimate of drug-likeness (QED) is 0.169. The molecule has 0 bridgehead atoms. The molecule has 0 fully saturated rings. The van der Waals surface area contributed by atoms with Gasteiger partial charge in [0, 0.05) is 0 Å². The predicted molar refractivity (Wildman–Crippen MR) is 146 cm³/mol. The lowest BCUT2D eigenvalue weighted by molar-refractivity contribution is -0.00000650. The van der Waals surface area contributed by atoms with Crippen molar-refractivity contribution in [1.82, 2.24) is 0 Å². The molecule has 174 valence electrons. The summed E-state index contributed by atoms with van der Waals surface area (Å²) in [5.41, 5.74) is 0. The van der Waals surface area contributed by atoms with Gasteiger partial charge >= 0.3 is 0 Å². The molecule has 0 N–H and O–H groups in total. The number of hydrogen-bond acceptors (Lipinski definition) is 0. The molecular weight excluding hydrogens is 530 g/mol. The zero-order valence-electron chi connectivity index (χ0n) is 20.1. The van der Waals surface area contributed by atoms with E-state index in [1.54, 1.807) is 0 Å². The Morgan fingerprint density at radius 1 is 0.636 bits per heavy atom. The standard InChI is InChI=1S/C31H38P.HI/c1-3-4-5-6-7-8-12-19-28(2)26-27-32(29-20-13-9-14-21-29,30-22-15-10-16-23-30)31-24-17-11-18-25-31;/h4-5,7-11,13-18,20-25,28H,3,6,12,19,26-27H2,1-2H3;1H/q+1;/p-1/b5-4-,8-7-;. The molecule has 0 amide bonds. The maximum absolute atomic E-state index is 2.43. The van der Waals surface area contributed by atoms with Crippen molar-refractivity contribution < 1.29 is 24.0 Å². The Balaban J connectivity index is 0.00000385. The van der Waals surface area contributed by atoms with E-state index in [1.165, 1.54) is 41.3 Å². The minimum atomic E-state index is -1.69. The fraction of sp³-hybridized carbons (Fsp3) is 0.290. The van der Waals surface area contributed by atoms with Crippen LogP contribution in [0, 0.1) is 5.92 Å². The maximum Gasteiger partial charge on any atom is 0.112 e. The van der Waals surface area contributed by atoms with Crippen molar-refractivity contribution in [2.45, 2.75) is 46.0 Å². The van der Waals surface area contributed by atoms with E-state index in [9.17, 15) is 0 Å². The first-order chi connectivity index (χ1) is 15.8. The first kappa shape index (κ1) is 27.5. The Labute approximate surface area is 219 Å². The molecule has 0 aromatic heterocycles. The SMILES string of the molecule is CC/C=C\C/C=C\CCC(C)CC[P+](c1ccccc1)(c1ccccc1)c1ccccc1.[I-]. The minimum Gasteiger partial charge on any atom is -1.00 e. The normalized spacial score (nSPS) is 12.7. The van der Waals surface area contributed by atoms with Gasteiger partial charge in [0.1, 0.15) is 23.2 Å². The number of allylic oxidation sites excluding steroid dienone is 4. The zero-order valence-corrected chi connectivity index (χ0v) is 23.2. The van der Waals surface area contributed by atoms with Gasteiger partial charge in [0.2, 0.25) is 0 Å². The third-order valence-corrected chi connectivity index (χ3v) is 10.7. The monoisotopic (exact) mass is 568 g/mol. The number of benzene rings is 3. The van der Waals surface area contributed by atoms with Gasteiger partial charge in [0.15, 0.2) is 0 Å². The van der Waals surface area contributed by atoms with Crippen LogP contribution in [-0.2, 0) is 0 Å². The molecule has 0 radical (unpaired) electrons. The Morgan fingerprint density at radius 2 is 1.09 bits per heavy atom. The lowest BCUT2D eigenvalue weighted by atomic mass is 10.0. The minimum absolute atomic E-state index is 0. The van der Waals surface area contributed by atoms with Crippen LogP contribution < -0.4 is 39.9 Å². The molecule has 0 aliphatic heterocycles. The fourth-order valence-corrected chi connectivity index (χ4v) is 8.92. The van der Waals surface area contributed by atoms with Crippen molar-refractivity contribution in [1.29, 1.82) is 0 Å². The van der Waals surface area contributed by atoms with Gasteiger partial charge in [-0.3, -0.25) is 0 Å². The highest BCUT2D eigenvalue weighted by atomic mass is 127. The smallest absolute Gasteiger partial charge is 0.112 e. The first-order valence-corrected chi connectivity index (χ1v) is 14.1. The van der Waals surface area contributed by atoms with E-state index in [4.69, 9.17) is 0 Å². The molecule has 0 heterocycles. The molecule has 0 saturated carbocycles. The molecule has 1 atom stereocenters. The van der Waals surface area contributed by atoms with Gasteiger partial charge in [0.25, 0.3) is 0 Å². The predicted octanol–water partition coefficient (Wildman–Crippen LogP) is 4.70. The van der Waals surface area contributed by atoms with Crippen molar-refractivity contribution in [3.63, 3.8) is 0 Å². The molecule has 1 unspecified atom stereocenters. The Hall–Kier alpha value is -1.70. The largest absolute Gasteiger partial charge is 1.00 e. The van der Waals surface area contributed by atoms with Crippen LogP contribution in [0.4, 0.5) is 0 Å². The fourth-order valence-electron chi connectivity index (χ4n) is 4.38. The van der Waals surface area contributed by atoms with E-state index in [2.05, 4.69) is 129 Å². The summed E-state index contributed by atoms with van der Waals surface area (Å²) in [6.45, 7) is 4.62. The Bertz CT molecular complexity index is 851. The van der Waals surface area contributed by atoms with E-state index >= 15 is 0 Å². The molecule has 0 aliphatic carbocycles. The molecule has 33 heavy (non-hydrogen) atoms. The van der Waals surface area contributed by atoms with E-state index in [0.29, 0.717) is 5.92 Å². The lowest BCUT2D eigenvalue weighted by Crippen LogP contribution is -3.00. The summed E-state index contributed by atoms with van der Waals surface area (Å²) < 4.78 is 0. The van der Waals surface area contributed by atoms with E-state index < -0.39 is 7.26 Å². The average Bonchev–Trinajstić information content (AvgIpc) is 2.86. The summed E-state index contributed by atoms with van der Waals surface area (Å²) in [5, 5.41) is 4.48. The molecular formula is C31H38IP. The average molecular weight is 569 g/mol. The van der Waals surface area contributed by atoms with Crippen LogP contribution >= 0.6 is 7.26 Å². The molecule has 0 nitrogen and oxygen atoms in total. The van der Waals surface area contributed by atoms with Gasteiger partial charge in [-0.05, 0) is 74.4 Å². The highest BCUT2D eigenvalue weighted by Gasteiger charge is 2.44. The van der Waals surface area contributed by atoms with Crippen LogP contribution in [-0.4, -0.2) is 6.16 Å². The number of rotatable bonds is 12. The molecule has 2 heteroatoms. The molecule has 0 spiro atoms. The summed E-state index contributed by atoms with van der Waals surface area (Å²) in [5.74, 6) is 0.710. The van der Waals surface area contributed by atoms with Crippen molar-refractivity contribution in [2.75, 3.05) is 6.16 Å². The van der Waals surface area contributed by atoms with E-state index in [0.717, 1.165) is 12.8 Å². The molecule has 3 aromatic rings. The molecule has 0 aliphatic rings. The summed E-state index contributed by atoms with van der Waals surface area (Å²) in [6.07, 6.45) is 16.3. The van der Waals surface area contributed by atoms with Gasteiger partial charge < -0.3 is 24.0 Å². The first-order valence-electron chi connectivity index (χ1n) is 12.1. The lowest BCUT2D eigenvalue weighted by Gasteiger charge is -2.28.